The molecule has 2 fully saturated rings. The van der Waals surface area contributed by atoms with E-state index in [1.807, 2.05) is 76.3 Å². The Morgan fingerprint density at radius 1 is 1.24 bits per heavy atom. The number of nitrogens with one attached hydrogen (secondary N) is 1. The zero-order chi connectivity index (χ0) is 40.2. The van der Waals surface area contributed by atoms with Crippen LogP contribution in [0.3, 0.4) is 0 Å². The second-order valence-electron chi connectivity index (χ2n) is 15.0. The number of carbonyl (C=O) groups excluding carboxylic acids is 4. The quantitative estimate of drug-likeness (QED) is 0.128. The number of carbonyl (C=O) groups is 4. The SMILES string of the molecule is C/C1=C\C=C\[C@@H](C)[C@@]2(O)C[C@H](OC(=O)N2)[C@@H](C)[C@@H]2O[C@@]2(C)[C@@H](OC(=O)[C@H](C)N(C)C(=O)CCSSc2ccccn2)CC(=O)N(C)c2cc(cc(C)c2Cl)C1. The summed E-state index contributed by atoms with van der Waals surface area (Å²) in [6, 6.07) is 8.50. The molecule has 3 amide bonds. The molecule has 4 heterocycles. The third-order valence-electron chi connectivity index (χ3n) is 10.8. The first-order valence-corrected chi connectivity index (χ1v) is 21.1. The number of nitrogens with zero attached hydrogens (tertiary/aromatic N) is 3. The number of anilines is 1. The van der Waals surface area contributed by atoms with E-state index in [-0.39, 0.29) is 31.1 Å². The van der Waals surface area contributed by atoms with Gasteiger partial charge in [-0.15, -0.1) is 0 Å². The van der Waals surface area contributed by atoms with E-state index in [0.29, 0.717) is 22.9 Å². The molecule has 5 rings (SSSR count). The first-order chi connectivity index (χ1) is 25.9. The van der Waals surface area contributed by atoms with Gasteiger partial charge >= 0.3 is 12.1 Å². The Bertz CT molecular complexity index is 1830. The minimum Gasteiger partial charge on any atom is -0.457 e. The van der Waals surface area contributed by atoms with Crippen molar-refractivity contribution in [3.63, 3.8) is 0 Å². The highest BCUT2D eigenvalue weighted by Crippen LogP contribution is 2.49. The van der Waals surface area contributed by atoms with Crippen molar-refractivity contribution in [3.05, 3.63) is 76.5 Å². The maximum Gasteiger partial charge on any atom is 0.409 e. The van der Waals surface area contributed by atoms with Crippen LogP contribution in [0.5, 0.6) is 0 Å². The van der Waals surface area contributed by atoms with Crippen molar-refractivity contribution in [1.82, 2.24) is 15.2 Å². The molecule has 2 saturated heterocycles. The Balaban J connectivity index is 1.40. The summed E-state index contributed by atoms with van der Waals surface area (Å²) >= 11 is 6.79. The van der Waals surface area contributed by atoms with Crippen molar-refractivity contribution in [1.29, 1.82) is 0 Å². The Morgan fingerprint density at radius 3 is 2.69 bits per heavy atom. The monoisotopic (exact) mass is 814 g/mol. The summed E-state index contributed by atoms with van der Waals surface area (Å²) in [6.07, 6.45) is 4.71. The molecule has 0 spiro atoms. The molecular weight excluding hydrogens is 764 g/mol. The van der Waals surface area contributed by atoms with Gasteiger partial charge in [-0.25, -0.2) is 14.6 Å². The van der Waals surface area contributed by atoms with Gasteiger partial charge in [0.15, 0.2) is 0 Å². The lowest BCUT2D eigenvalue weighted by atomic mass is 9.82. The predicted octanol–water partition coefficient (Wildman–Crippen LogP) is 6.66. The summed E-state index contributed by atoms with van der Waals surface area (Å²) in [5.41, 5.74) is 0.503. The Labute approximate surface area is 336 Å². The van der Waals surface area contributed by atoms with E-state index in [0.717, 1.165) is 21.7 Å². The molecule has 1 aromatic heterocycles. The van der Waals surface area contributed by atoms with Crippen molar-refractivity contribution in [2.45, 2.75) is 108 Å². The average molecular weight is 815 g/mol. The summed E-state index contributed by atoms with van der Waals surface area (Å²) in [5.74, 6) is -1.75. The minimum absolute atomic E-state index is 0.0718. The molecule has 0 unspecified atom stereocenters. The Morgan fingerprint density at radius 2 is 1.98 bits per heavy atom. The zero-order valence-electron chi connectivity index (χ0n) is 32.5. The van der Waals surface area contributed by atoms with Crippen molar-refractivity contribution < 1.29 is 38.5 Å². The molecule has 2 N–H and O–H groups in total. The van der Waals surface area contributed by atoms with Crippen LogP contribution in [0.4, 0.5) is 10.5 Å². The standard InChI is InChI=1S/C40H51ClN4O8S2/c1-23-12-11-13-25(3)40(50)22-30(51-38(49)43-40)26(4)36-39(6,53-36)31(21-34(47)45(8)29-20-28(18-23)19-24(2)35(29)41)52-37(48)27(5)44(7)33(46)15-17-54-55-32-14-9-10-16-42-32/h9-14,16,19-20,25-27,30-31,36,50H,15,17-18,21-22H2,1-8H3,(H,43,49)/b13-11+,23-12+/t25-,26-,27+,30+,31+,36+,39+,40+/m1/s1. The number of epoxide rings is 1. The van der Waals surface area contributed by atoms with E-state index in [1.165, 1.54) is 31.4 Å². The van der Waals surface area contributed by atoms with Crippen molar-refractivity contribution in [2.24, 2.45) is 11.8 Å². The number of aromatic nitrogens is 1. The molecular formula is C40H51ClN4O8S2. The number of likely N-dealkylation sites (N-methyl/N-ethyl adjacent to an activating group) is 1. The number of halogens is 1. The second-order valence-corrected chi connectivity index (χ2v) is 17.8. The van der Waals surface area contributed by atoms with Crippen molar-refractivity contribution >= 4 is 62.8 Å². The van der Waals surface area contributed by atoms with Crippen LogP contribution in [0, 0.1) is 18.8 Å². The topological polar surface area (TPSA) is 151 Å². The van der Waals surface area contributed by atoms with Gasteiger partial charge in [0.2, 0.25) is 11.8 Å². The maximum absolute atomic E-state index is 14.1. The molecule has 12 nitrogen and oxygen atoms in total. The van der Waals surface area contributed by atoms with E-state index >= 15 is 0 Å². The summed E-state index contributed by atoms with van der Waals surface area (Å²) in [4.78, 5) is 61.0. The first-order valence-electron chi connectivity index (χ1n) is 18.4. The fraction of sp³-hybridized carbons (Fsp3) is 0.525. The van der Waals surface area contributed by atoms with Gasteiger partial charge in [-0.1, -0.05) is 72.2 Å². The highest BCUT2D eigenvalue weighted by molar-refractivity contribution is 8.76. The number of pyridine rings is 1. The number of hydrogen-bond donors (Lipinski definition) is 2. The number of fused-ring (bicyclic) bond motifs is 5. The number of hydrogen-bond acceptors (Lipinski definition) is 11. The van der Waals surface area contributed by atoms with Crippen LogP contribution in [0.25, 0.3) is 0 Å². The van der Waals surface area contributed by atoms with Crippen LogP contribution in [-0.2, 0) is 35.0 Å². The average Bonchev–Trinajstić information content (AvgIpc) is 3.84. The van der Waals surface area contributed by atoms with Gasteiger partial charge < -0.3 is 29.1 Å². The molecule has 55 heavy (non-hydrogen) atoms. The molecule has 4 bridgehead atoms. The number of aliphatic hydroxyl groups is 1. The third-order valence-corrected chi connectivity index (χ3v) is 13.6. The third kappa shape index (κ3) is 10.1. The van der Waals surface area contributed by atoms with Gasteiger partial charge in [0, 0.05) is 50.7 Å². The molecule has 0 aliphatic carbocycles. The summed E-state index contributed by atoms with van der Waals surface area (Å²) in [5, 5.41) is 15.5. The first kappa shape index (κ1) is 42.6. The van der Waals surface area contributed by atoms with Gasteiger partial charge in [-0.05, 0) is 74.2 Å². The molecule has 0 radical (unpaired) electrons. The highest BCUT2D eigenvalue weighted by atomic mass is 35.5. The predicted molar refractivity (Wildman–Crippen MR) is 215 cm³/mol. The minimum atomic E-state index is -1.60. The fourth-order valence-electron chi connectivity index (χ4n) is 6.96. The number of allylic oxidation sites excluding steroid dienone is 3. The molecule has 2 aromatic rings. The van der Waals surface area contributed by atoms with Crippen molar-refractivity contribution in [3.8, 4) is 0 Å². The summed E-state index contributed by atoms with van der Waals surface area (Å²) in [7, 11) is 6.14. The fourth-order valence-corrected chi connectivity index (χ4v) is 9.06. The molecule has 1 aromatic carbocycles. The maximum atomic E-state index is 14.1. The Hall–Kier alpha value is -3.56. The number of benzene rings is 1. The smallest absolute Gasteiger partial charge is 0.409 e. The molecule has 3 aliphatic rings. The lowest BCUT2D eigenvalue weighted by Gasteiger charge is -2.41. The van der Waals surface area contributed by atoms with Crippen LogP contribution >= 0.6 is 33.2 Å². The van der Waals surface area contributed by atoms with Crippen LogP contribution in [-0.4, -0.2) is 94.4 Å². The van der Waals surface area contributed by atoms with Gasteiger partial charge in [-0.3, -0.25) is 14.9 Å². The number of rotatable bonds is 8. The zero-order valence-corrected chi connectivity index (χ0v) is 34.9. The normalized spacial score (nSPS) is 30.5. The van der Waals surface area contributed by atoms with Gasteiger partial charge in [-0.2, -0.15) is 0 Å². The second kappa shape index (κ2) is 17.7. The van der Waals surface area contributed by atoms with Gasteiger partial charge in [0.25, 0.3) is 0 Å². The van der Waals surface area contributed by atoms with Gasteiger partial charge in [0.1, 0.15) is 34.6 Å². The van der Waals surface area contributed by atoms with E-state index in [1.54, 1.807) is 34.1 Å². The number of alkyl carbamates (subject to hydrolysis) is 1. The number of ether oxygens (including phenoxy) is 3. The Kier molecular flexibility index (Phi) is 13.7. The van der Waals surface area contributed by atoms with Crippen LogP contribution in [0.15, 0.2) is 65.4 Å². The summed E-state index contributed by atoms with van der Waals surface area (Å²) < 4.78 is 18.1. The lowest BCUT2D eigenvalue weighted by molar-refractivity contribution is -0.161. The van der Waals surface area contributed by atoms with Gasteiger partial charge in [0.05, 0.1) is 23.2 Å². The lowest BCUT2D eigenvalue weighted by Crippen LogP contribution is -2.60. The largest absolute Gasteiger partial charge is 0.457 e. The van der Waals surface area contributed by atoms with E-state index in [4.69, 9.17) is 25.8 Å². The number of amides is 3. The summed E-state index contributed by atoms with van der Waals surface area (Å²) in [6.45, 7) is 10.9. The van der Waals surface area contributed by atoms with Crippen LogP contribution in [0.1, 0.15) is 65.0 Å². The molecule has 298 valence electrons. The van der Waals surface area contributed by atoms with E-state index in [9.17, 15) is 24.3 Å². The van der Waals surface area contributed by atoms with E-state index < -0.39 is 59.6 Å². The molecule has 0 saturated carbocycles. The van der Waals surface area contributed by atoms with Crippen LogP contribution in [0.2, 0.25) is 5.02 Å². The molecule has 8 atom stereocenters. The molecule has 15 heteroatoms. The highest BCUT2D eigenvalue weighted by Gasteiger charge is 2.64. The van der Waals surface area contributed by atoms with Crippen molar-refractivity contribution in [2.75, 3.05) is 24.7 Å². The van der Waals surface area contributed by atoms with E-state index in [2.05, 4.69) is 10.3 Å². The number of aryl methyl sites for hydroxylation is 1. The number of esters is 1. The molecule has 3 aliphatic heterocycles. The van der Waals surface area contributed by atoms with Crippen LogP contribution < -0.4 is 10.2 Å².